The summed E-state index contributed by atoms with van der Waals surface area (Å²) in [5, 5.41) is 69.8. The standard InChI is InChI=1S/C36H32O14/c1-47-28-10-3-19(15-27(28)42)16-29(35(44)45)49-30(43)11-6-20-4-9-24(39)34-31(20)32(33(50-34)21-5-8-23(38)26(41)17-21)36(46)48-13-12-18-2-7-22(37)25(40)14-18/h2-11,14-15,17,29,32-33,37-42H,12-13,16H2,1H3,(H,44,45)/b11-6+/t29-,32+,33-/m1/s1. The van der Waals surface area contributed by atoms with Gasteiger partial charge in [0.15, 0.2) is 46.0 Å². The number of rotatable bonds is 12. The molecule has 0 saturated heterocycles. The first kappa shape index (κ1) is 34.8. The van der Waals surface area contributed by atoms with Crippen LogP contribution in [0, 0.1) is 0 Å². The van der Waals surface area contributed by atoms with E-state index in [4.69, 9.17) is 18.9 Å². The lowest BCUT2D eigenvalue weighted by molar-refractivity contribution is -0.160. The number of fused-ring (bicyclic) bond motifs is 1. The highest BCUT2D eigenvalue weighted by Crippen LogP contribution is 2.53. The number of aromatic hydroxyl groups is 6. The SMILES string of the molecule is COc1ccc(C[C@@H](OC(=O)/C=C/c2ccc(O)c3c2[C@H](C(=O)OCCc2ccc(O)c(O)c2)[C@@H](c2ccc(O)c(O)c2)O3)C(=O)O)cc1O. The Hall–Kier alpha value is -6.57. The molecule has 0 amide bonds. The summed E-state index contributed by atoms with van der Waals surface area (Å²) in [7, 11) is 1.36. The molecule has 0 aliphatic carbocycles. The lowest BCUT2D eigenvalue weighted by Gasteiger charge is -2.19. The highest BCUT2D eigenvalue weighted by atomic mass is 16.6. The molecule has 4 aromatic rings. The van der Waals surface area contributed by atoms with Gasteiger partial charge in [-0.2, -0.15) is 0 Å². The number of hydrogen-bond acceptors (Lipinski definition) is 13. The number of benzene rings is 4. The van der Waals surface area contributed by atoms with Crippen molar-refractivity contribution in [1.29, 1.82) is 0 Å². The van der Waals surface area contributed by atoms with Crippen LogP contribution >= 0.6 is 0 Å². The first-order valence-electron chi connectivity index (χ1n) is 15.1. The van der Waals surface area contributed by atoms with E-state index in [1.54, 1.807) is 0 Å². The molecule has 0 saturated carbocycles. The van der Waals surface area contributed by atoms with Gasteiger partial charge in [-0.1, -0.05) is 24.3 Å². The van der Waals surface area contributed by atoms with Crippen LogP contribution in [0.5, 0.6) is 46.0 Å². The van der Waals surface area contributed by atoms with Gasteiger partial charge in [-0.05, 0) is 70.8 Å². The van der Waals surface area contributed by atoms with Crippen molar-refractivity contribution < 1.29 is 69.1 Å². The topological polar surface area (TPSA) is 230 Å². The minimum atomic E-state index is -1.63. The van der Waals surface area contributed by atoms with E-state index in [9.17, 15) is 50.1 Å². The maximum atomic E-state index is 13.7. The summed E-state index contributed by atoms with van der Waals surface area (Å²) in [6.07, 6.45) is -0.728. The molecule has 0 radical (unpaired) electrons. The minimum Gasteiger partial charge on any atom is -0.504 e. The van der Waals surface area contributed by atoms with Crippen molar-refractivity contribution in [1.82, 2.24) is 0 Å². The van der Waals surface area contributed by atoms with Crippen LogP contribution < -0.4 is 9.47 Å². The van der Waals surface area contributed by atoms with E-state index >= 15 is 0 Å². The van der Waals surface area contributed by atoms with Gasteiger partial charge in [0.25, 0.3) is 0 Å². The zero-order valence-electron chi connectivity index (χ0n) is 26.3. The molecule has 1 aliphatic rings. The van der Waals surface area contributed by atoms with Gasteiger partial charge < -0.3 is 54.7 Å². The third-order valence-corrected chi connectivity index (χ3v) is 7.92. The van der Waals surface area contributed by atoms with Crippen molar-refractivity contribution in [2.75, 3.05) is 13.7 Å². The molecular formula is C36H32O14. The number of carboxylic acid groups (broad SMARTS) is 1. The van der Waals surface area contributed by atoms with Crippen molar-refractivity contribution >= 4 is 24.0 Å². The number of phenols is 6. The molecule has 0 fully saturated rings. The molecule has 0 spiro atoms. The number of phenolic OH excluding ortho intramolecular Hbond substituents is 6. The molecule has 14 nitrogen and oxygen atoms in total. The second kappa shape index (κ2) is 14.7. The molecule has 0 unspecified atom stereocenters. The summed E-state index contributed by atoms with van der Waals surface area (Å²) < 4.78 is 21.8. The van der Waals surface area contributed by atoms with Crippen molar-refractivity contribution in [2.45, 2.75) is 31.0 Å². The summed E-state index contributed by atoms with van der Waals surface area (Å²) in [6.45, 7) is -0.165. The van der Waals surface area contributed by atoms with Gasteiger partial charge in [-0.25, -0.2) is 9.59 Å². The van der Waals surface area contributed by atoms with Crippen LogP contribution in [-0.4, -0.2) is 73.5 Å². The molecule has 1 heterocycles. The summed E-state index contributed by atoms with van der Waals surface area (Å²) in [5.41, 5.74) is 1.47. The summed E-state index contributed by atoms with van der Waals surface area (Å²) in [4.78, 5) is 38.5. The Morgan fingerprint density at radius 1 is 0.800 bits per heavy atom. The van der Waals surface area contributed by atoms with E-state index in [-0.39, 0.29) is 70.6 Å². The highest BCUT2D eigenvalue weighted by molar-refractivity contribution is 5.91. The van der Waals surface area contributed by atoms with Gasteiger partial charge >= 0.3 is 17.9 Å². The lowest BCUT2D eigenvalue weighted by atomic mass is 9.87. The fourth-order valence-corrected chi connectivity index (χ4v) is 5.44. The minimum absolute atomic E-state index is 0.113. The predicted octanol–water partition coefficient (Wildman–Crippen LogP) is 4.18. The van der Waals surface area contributed by atoms with Crippen molar-refractivity contribution in [3.8, 4) is 46.0 Å². The van der Waals surface area contributed by atoms with Gasteiger partial charge in [0.2, 0.25) is 6.10 Å². The fraction of sp³-hybridized carbons (Fsp3) is 0.194. The first-order chi connectivity index (χ1) is 23.9. The van der Waals surface area contributed by atoms with E-state index in [2.05, 4.69) is 0 Å². The number of esters is 2. The average Bonchev–Trinajstić information content (AvgIpc) is 3.49. The van der Waals surface area contributed by atoms with Crippen LogP contribution in [0.25, 0.3) is 6.08 Å². The number of methoxy groups -OCH3 is 1. The maximum Gasteiger partial charge on any atom is 0.345 e. The van der Waals surface area contributed by atoms with E-state index < -0.39 is 47.5 Å². The van der Waals surface area contributed by atoms with Crippen LogP contribution in [0.15, 0.2) is 72.8 Å². The van der Waals surface area contributed by atoms with Crippen LogP contribution in [-0.2, 0) is 36.7 Å². The van der Waals surface area contributed by atoms with Crippen LogP contribution in [0.4, 0.5) is 0 Å². The van der Waals surface area contributed by atoms with Gasteiger partial charge in [0.1, 0.15) is 12.0 Å². The van der Waals surface area contributed by atoms with Crippen LogP contribution in [0.2, 0.25) is 0 Å². The summed E-state index contributed by atoms with van der Waals surface area (Å²) >= 11 is 0. The molecule has 5 rings (SSSR count). The first-order valence-corrected chi connectivity index (χ1v) is 15.1. The van der Waals surface area contributed by atoms with Gasteiger partial charge in [0.05, 0.1) is 13.7 Å². The number of carbonyl (C=O) groups is 3. The Balaban J connectivity index is 1.41. The molecule has 50 heavy (non-hydrogen) atoms. The summed E-state index contributed by atoms with van der Waals surface area (Å²) in [5.74, 6) is -6.68. The Morgan fingerprint density at radius 3 is 2.12 bits per heavy atom. The Labute approximate surface area is 284 Å². The third kappa shape index (κ3) is 7.59. The fourth-order valence-electron chi connectivity index (χ4n) is 5.44. The molecule has 4 aromatic carbocycles. The highest BCUT2D eigenvalue weighted by Gasteiger charge is 2.44. The molecule has 14 heteroatoms. The molecule has 3 atom stereocenters. The second-order valence-corrected chi connectivity index (χ2v) is 11.2. The number of ether oxygens (including phenoxy) is 4. The Bertz CT molecular complexity index is 1970. The van der Waals surface area contributed by atoms with Gasteiger partial charge in [-0.3, -0.25) is 4.79 Å². The third-order valence-electron chi connectivity index (χ3n) is 7.92. The Morgan fingerprint density at radius 2 is 1.46 bits per heavy atom. The van der Waals surface area contributed by atoms with Crippen LogP contribution in [0.3, 0.4) is 0 Å². The average molecular weight is 689 g/mol. The van der Waals surface area contributed by atoms with E-state index in [1.165, 1.54) is 79.9 Å². The number of aliphatic carboxylic acids is 1. The molecular weight excluding hydrogens is 656 g/mol. The summed E-state index contributed by atoms with van der Waals surface area (Å²) in [6, 6.07) is 14.8. The van der Waals surface area contributed by atoms with Crippen molar-refractivity contribution in [3.63, 3.8) is 0 Å². The smallest absolute Gasteiger partial charge is 0.345 e. The largest absolute Gasteiger partial charge is 0.504 e. The maximum absolute atomic E-state index is 13.7. The lowest BCUT2D eigenvalue weighted by Crippen LogP contribution is -2.28. The van der Waals surface area contributed by atoms with E-state index in [0.717, 1.165) is 6.08 Å². The Kier molecular flexibility index (Phi) is 10.2. The second-order valence-electron chi connectivity index (χ2n) is 11.2. The molecule has 7 N–H and O–H groups in total. The quantitative estimate of drug-likeness (QED) is 0.0629. The molecule has 0 aromatic heterocycles. The van der Waals surface area contributed by atoms with E-state index in [0.29, 0.717) is 11.1 Å². The van der Waals surface area contributed by atoms with Crippen molar-refractivity contribution in [3.05, 3.63) is 101 Å². The number of carbonyl (C=O) groups excluding carboxylic acids is 2. The monoisotopic (exact) mass is 688 g/mol. The molecule has 0 bridgehead atoms. The normalized spacial score (nSPS) is 15.5. The van der Waals surface area contributed by atoms with Gasteiger partial charge in [0, 0.05) is 24.5 Å². The zero-order chi connectivity index (χ0) is 36.1. The number of hydrogen-bond donors (Lipinski definition) is 7. The van der Waals surface area contributed by atoms with Crippen molar-refractivity contribution in [2.24, 2.45) is 0 Å². The number of carboxylic acids is 1. The zero-order valence-corrected chi connectivity index (χ0v) is 26.3. The molecule has 260 valence electrons. The molecule has 1 aliphatic heterocycles. The predicted molar refractivity (Wildman–Crippen MR) is 173 cm³/mol. The van der Waals surface area contributed by atoms with E-state index in [1.807, 2.05) is 0 Å². The van der Waals surface area contributed by atoms with Crippen LogP contribution in [0.1, 0.15) is 39.8 Å². The van der Waals surface area contributed by atoms with Gasteiger partial charge in [-0.15, -0.1) is 0 Å².